The predicted molar refractivity (Wildman–Crippen MR) is 153 cm³/mol. The lowest BCUT2D eigenvalue weighted by molar-refractivity contribution is -0.302. The van der Waals surface area contributed by atoms with Gasteiger partial charge in [-0.25, -0.2) is 0 Å². The van der Waals surface area contributed by atoms with Crippen LogP contribution in [0.2, 0.25) is 0 Å². The van der Waals surface area contributed by atoms with Gasteiger partial charge in [-0.1, -0.05) is 54.6 Å². The van der Waals surface area contributed by atoms with Gasteiger partial charge >= 0.3 is 15.4 Å². The fourth-order valence-electron chi connectivity index (χ4n) is 8.31. The maximum atomic E-state index is 14.3. The topological polar surface area (TPSA) is 72.8 Å². The monoisotopic (exact) mass is 600 g/mol. The summed E-state index contributed by atoms with van der Waals surface area (Å²) in [6, 6.07) is 29.8. The summed E-state index contributed by atoms with van der Waals surface area (Å²) in [6.45, 7) is -0.109. The molecule has 5 nitrogen and oxygen atoms in total. The average Bonchev–Trinajstić information content (AvgIpc) is 3.36. The van der Waals surface area contributed by atoms with Gasteiger partial charge in [-0.2, -0.15) is 28.1 Å². The standard InChI is InChI=1S/C32H34F2O5S2/c33-31(34,41(35,36)37)19-24-20-38-32(39-24)23-16-21-15-22(18-23)30(28(32)17-21)27-13-7-8-14-29(27)40(25-9-3-1-4-10-25)26-11-5-2-6-12-26/h1-14,21-24,28,30,40H,15-20H2,(H,35,36,37). The number of alkyl halides is 2. The fraction of sp³-hybridized carbons (Fsp3) is 0.438. The lowest BCUT2D eigenvalue weighted by Gasteiger charge is -2.62. The number of ether oxygens (including phenoxy) is 2. The summed E-state index contributed by atoms with van der Waals surface area (Å²) in [4.78, 5) is 3.82. The summed E-state index contributed by atoms with van der Waals surface area (Å²) in [5, 5.41) is -4.29. The van der Waals surface area contributed by atoms with E-state index in [4.69, 9.17) is 14.0 Å². The molecular formula is C32H34F2O5S2. The van der Waals surface area contributed by atoms with Crippen LogP contribution in [0.5, 0.6) is 0 Å². The quantitative estimate of drug-likeness (QED) is 0.220. The highest BCUT2D eigenvalue weighted by atomic mass is 32.2. The van der Waals surface area contributed by atoms with Gasteiger partial charge in [0.15, 0.2) is 5.79 Å². The van der Waals surface area contributed by atoms with Crippen molar-refractivity contribution in [2.24, 2.45) is 23.7 Å². The van der Waals surface area contributed by atoms with E-state index in [1.165, 1.54) is 20.2 Å². The van der Waals surface area contributed by atoms with E-state index in [2.05, 4.69) is 72.8 Å². The minimum atomic E-state index is -5.54. The molecule has 9 heteroatoms. The van der Waals surface area contributed by atoms with Crippen LogP contribution in [0.3, 0.4) is 0 Å². The molecule has 1 heterocycles. The van der Waals surface area contributed by atoms with Crippen molar-refractivity contribution in [1.82, 2.24) is 0 Å². The maximum absolute atomic E-state index is 14.3. The molecule has 41 heavy (non-hydrogen) atoms. The molecule has 1 N–H and O–H groups in total. The predicted octanol–water partition coefficient (Wildman–Crippen LogP) is 7.30. The van der Waals surface area contributed by atoms with Crippen molar-refractivity contribution in [3.63, 3.8) is 0 Å². The summed E-state index contributed by atoms with van der Waals surface area (Å²) < 4.78 is 73.2. The first-order chi connectivity index (χ1) is 19.7. The molecule has 4 bridgehead atoms. The van der Waals surface area contributed by atoms with Crippen molar-refractivity contribution in [3.05, 3.63) is 90.5 Å². The Balaban J connectivity index is 1.28. The molecule has 218 valence electrons. The third-order valence-corrected chi connectivity index (χ3v) is 13.1. The van der Waals surface area contributed by atoms with Crippen LogP contribution < -0.4 is 0 Å². The van der Waals surface area contributed by atoms with Crippen molar-refractivity contribution in [2.45, 2.75) is 69.9 Å². The first-order valence-corrected chi connectivity index (χ1v) is 17.1. The Kier molecular flexibility index (Phi) is 6.82. The molecule has 0 radical (unpaired) electrons. The molecule has 7 atom stereocenters. The van der Waals surface area contributed by atoms with Gasteiger partial charge in [0.2, 0.25) is 0 Å². The third-order valence-electron chi connectivity index (χ3n) is 9.71. The van der Waals surface area contributed by atoms with Crippen LogP contribution in [0.1, 0.15) is 43.6 Å². The van der Waals surface area contributed by atoms with Crippen molar-refractivity contribution in [3.8, 4) is 0 Å². The second kappa shape index (κ2) is 10.2. The molecule has 5 fully saturated rings. The normalized spacial score (nSPS) is 32.9. The van der Waals surface area contributed by atoms with Crippen LogP contribution in [-0.4, -0.2) is 36.7 Å². The smallest absolute Gasteiger partial charge is 0.347 e. The van der Waals surface area contributed by atoms with E-state index >= 15 is 0 Å². The number of thiol groups is 1. The minimum Gasteiger partial charge on any atom is -0.347 e. The number of hydrogen-bond acceptors (Lipinski definition) is 4. The molecule has 1 aliphatic heterocycles. The molecule has 1 spiro atoms. The Morgan fingerprint density at radius 1 is 0.878 bits per heavy atom. The summed E-state index contributed by atoms with van der Waals surface area (Å²) in [5.41, 5.74) is 1.28. The second-order valence-electron chi connectivity index (χ2n) is 12.1. The van der Waals surface area contributed by atoms with Gasteiger partial charge < -0.3 is 9.47 Å². The van der Waals surface area contributed by atoms with Gasteiger partial charge in [0, 0.05) is 11.8 Å². The van der Waals surface area contributed by atoms with Crippen LogP contribution in [-0.2, 0) is 19.6 Å². The number of rotatable bonds is 7. The van der Waals surface area contributed by atoms with Crippen molar-refractivity contribution < 1.29 is 31.2 Å². The average molecular weight is 601 g/mol. The number of hydrogen-bond donors (Lipinski definition) is 2. The highest BCUT2D eigenvalue weighted by Gasteiger charge is 2.66. The van der Waals surface area contributed by atoms with Crippen LogP contribution in [0.4, 0.5) is 8.78 Å². The van der Waals surface area contributed by atoms with Gasteiger partial charge in [0.05, 0.1) is 19.1 Å². The zero-order valence-corrected chi connectivity index (χ0v) is 24.2. The maximum Gasteiger partial charge on any atom is 0.372 e. The Morgan fingerprint density at radius 2 is 1.51 bits per heavy atom. The minimum absolute atomic E-state index is 0.0207. The van der Waals surface area contributed by atoms with Crippen molar-refractivity contribution in [2.75, 3.05) is 6.61 Å². The number of halogens is 2. The van der Waals surface area contributed by atoms with E-state index < -0.39 is 44.6 Å². The first kappa shape index (κ1) is 27.5. The van der Waals surface area contributed by atoms with Crippen molar-refractivity contribution >= 4 is 21.0 Å². The van der Waals surface area contributed by atoms with Gasteiger partial charge in [-0.3, -0.25) is 4.55 Å². The van der Waals surface area contributed by atoms with E-state index in [1.807, 2.05) is 12.1 Å². The summed E-state index contributed by atoms with van der Waals surface area (Å²) in [7, 11) is -6.39. The Morgan fingerprint density at radius 3 is 2.17 bits per heavy atom. The molecule has 0 aromatic heterocycles. The van der Waals surface area contributed by atoms with Gasteiger partial charge in [-0.15, -0.1) is 0 Å². The van der Waals surface area contributed by atoms with E-state index in [9.17, 15) is 17.2 Å². The molecule has 3 aromatic carbocycles. The lowest BCUT2D eigenvalue weighted by atomic mass is 9.48. The lowest BCUT2D eigenvalue weighted by Crippen LogP contribution is -2.61. The number of benzene rings is 3. The third kappa shape index (κ3) is 4.65. The van der Waals surface area contributed by atoms with Crippen LogP contribution in [0.25, 0.3) is 0 Å². The molecule has 8 rings (SSSR count). The fourth-order valence-corrected chi connectivity index (χ4v) is 11.2. The van der Waals surface area contributed by atoms with Crippen molar-refractivity contribution in [1.29, 1.82) is 0 Å². The van der Waals surface area contributed by atoms with E-state index in [0.717, 1.165) is 25.7 Å². The van der Waals surface area contributed by atoms with Gasteiger partial charge in [-0.05, 0) is 94.0 Å². The SMILES string of the molecule is O=S(=O)(O)C(F)(F)CC1COC2(O1)C1CC3CC(C1)C(c1ccccc1[SH](c1ccccc1)c1ccccc1)C2C3. The Bertz CT molecular complexity index is 1480. The Hall–Kier alpha value is -2.30. The van der Waals surface area contributed by atoms with Crippen LogP contribution >= 0.6 is 10.9 Å². The largest absolute Gasteiger partial charge is 0.372 e. The first-order valence-electron chi connectivity index (χ1n) is 14.3. The molecule has 3 aromatic rings. The second-order valence-corrected chi connectivity index (χ2v) is 15.8. The summed E-state index contributed by atoms with van der Waals surface area (Å²) in [5.74, 6) is 0.173. The molecular weight excluding hydrogens is 566 g/mol. The zero-order valence-electron chi connectivity index (χ0n) is 22.5. The Labute approximate surface area is 242 Å². The molecule has 4 aliphatic carbocycles. The highest BCUT2D eigenvalue weighted by molar-refractivity contribution is 8.17. The molecule has 0 amide bonds. The molecule has 4 saturated carbocycles. The summed E-state index contributed by atoms with van der Waals surface area (Å²) in [6.07, 6.45) is 1.63. The van der Waals surface area contributed by atoms with E-state index in [0.29, 0.717) is 11.8 Å². The van der Waals surface area contributed by atoms with E-state index in [1.54, 1.807) is 0 Å². The van der Waals surface area contributed by atoms with Gasteiger partial charge in [0.1, 0.15) is 0 Å². The molecule has 7 unspecified atom stereocenters. The van der Waals surface area contributed by atoms with Gasteiger partial charge in [0.25, 0.3) is 0 Å². The van der Waals surface area contributed by atoms with E-state index in [-0.39, 0.29) is 24.4 Å². The summed E-state index contributed by atoms with van der Waals surface area (Å²) >= 11 is 0. The van der Waals surface area contributed by atoms with Crippen LogP contribution in [0, 0.1) is 23.7 Å². The zero-order chi connectivity index (χ0) is 28.4. The van der Waals surface area contributed by atoms with Crippen LogP contribution in [0.15, 0.2) is 99.6 Å². The highest BCUT2D eigenvalue weighted by Crippen LogP contribution is 2.68. The molecule has 1 saturated heterocycles. The molecule has 5 aliphatic rings.